The monoisotopic (exact) mass is 180 g/mol. The van der Waals surface area contributed by atoms with Crippen molar-refractivity contribution < 1.29 is 0 Å². The average Bonchev–Trinajstić information content (AvgIpc) is 2.89. The van der Waals surface area contributed by atoms with Crippen LogP contribution in [0, 0.1) is 17.3 Å². The van der Waals surface area contributed by atoms with E-state index >= 15 is 0 Å². The molecule has 0 aliphatic heterocycles. The normalized spacial score (nSPS) is 20.0. The van der Waals surface area contributed by atoms with E-state index in [0.29, 0.717) is 5.41 Å². The van der Waals surface area contributed by atoms with Crippen molar-refractivity contribution >= 4 is 0 Å². The Labute approximate surface area is 83.4 Å². The fourth-order valence-corrected chi connectivity index (χ4v) is 2.09. The van der Waals surface area contributed by atoms with Crippen molar-refractivity contribution in [2.45, 2.75) is 53.4 Å². The van der Waals surface area contributed by atoms with Crippen molar-refractivity contribution in [1.29, 1.82) is 0 Å². The highest BCUT2D eigenvalue weighted by Crippen LogP contribution is 2.47. The molecule has 1 rings (SSSR count). The second-order valence-electron chi connectivity index (χ2n) is 5.11. The lowest BCUT2D eigenvalue weighted by molar-refractivity contribution is 0.349. The van der Waals surface area contributed by atoms with Crippen LogP contribution in [-0.2, 0) is 0 Å². The first-order chi connectivity index (χ1) is 6.03. The van der Waals surface area contributed by atoms with Crippen LogP contribution in [0.15, 0.2) is 12.2 Å². The molecule has 0 amide bonds. The Morgan fingerprint density at radius 2 is 1.92 bits per heavy atom. The molecule has 0 aromatic carbocycles. The molecule has 0 nitrogen and oxygen atoms in total. The summed E-state index contributed by atoms with van der Waals surface area (Å²) in [5.41, 5.74) is 1.85. The lowest BCUT2D eigenvalue weighted by Gasteiger charge is -2.31. The standard InChI is InChI=1S/C13H24/c1-6-12(11-8-9-11)10(3)13(4,5)7-2/h11-12H,3,6-9H2,1-2,4-5H3. The Bertz CT molecular complexity index is 184. The number of rotatable bonds is 5. The van der Waals surface area contributed by atoms with Crippen molar-refractivity contribution in [3.05, 3.63) is 12.2 Å². The van der Waals surface area contributed by atoms with Crippen molar-refractivity contribution in [3.63, 3.8) is 0 Å². The summed E-state index contributed by atoms with van der Waals surface area (Å²) in [5, 5.41) is 0. The van der Waals surface area contributed by atoms with E-state index in [1.165, 1.54) is 31.3 Å². The Hall–Kier alpha value is -0.260. The van der Waals surface area contributed by atoms with Gasteiger partial charge in [-0.15, -0.1) is 0 Å². The molecule has 1 aliphatic carbocycles. The molecule has 0 saturated heterocycles. The van der Waals surface area contributed by atoms with Gasteiger partial charge >= 0.3 is 0 Å². The minimum Gasteiger partial charge on any atom is -0.0990 e. The molecule has 1 unspecified atom stereocenters. The summed E-state index contributed by atoms with van der Waals surface area (Å²) in [6.45, 7) is 13.6. The zero-order valence-electron chi connectivity index (χ0n) is 9.69. The molecule has 0 N–H and O–H groups in total. The van der Waals surface area contributed by atoms with E-state index in [0.717, 1.165) is 11.8 Å². The van der Waals surface area contributed by atoms with Crippen LogP contribution in [0.4, 0.5) is 0 Å². The van der Waals surface area contributed by atoms with Gasteiger partial charge in [-0.05, 0) is 42.9 Å². The van der Waals surface area contributed by atoms with Crippen LogP contribution in [0.3, 0.4) is 0 Å². The van der Waals surface area contributed by atoms with Crippen molar-refractivity contribution in [2.75, 3.05) is 0 Å². The van der Waals surface area contributed by atoms with Crippen molar-refractivity contribution in [2.24, 2.45) is 17.3 Å². The van der Waals surface area contributed by atoms with Gasteiger partial charge in [0, 0.05) is 0 Å². The molecular formula is C13H24. The lowest BCUT2D eigenvalue weighted by atomic mass is 9.74. The van der Waals surface area contributed by atoms with Crippen molar-refractivity contribution in [1.82, 2.24) is 0 Å². The van der Waals surface area contributed by atoms with E-state index in [-0.39, 0.29) is 0 Å². The van der Waals surface area contributed by atoms with E-state index in [2.05, 4.69) is 34.3 Å². The summed E-state index contributed by atoms with van der Waals surface area (Å²) in [7, 11) is 0. The van der Waals surface area contributed by atoms with Crippen LogP contribution in [0.1, 0.15) is 53.4 Å². The zero-order chi connectivity index (χ0) is 10.1. The molecule has 1 saturated carbocycles. The maximum atomic E-state index is 4.33. The van der Waals surface area contributed by atoms with Crippen molar-refractivity contribution in [3.8, 4) is 0 Å². The average molecular weight is 180 g/mol. The maximum Gasteiger partial charge on any atom is -0.0147 e. The Morgan fingerprint density at radius 3 is 2.23 bits per heavy atom. The fourth-order valence-electron chi connectivity index (χ4n) is 2.09. The summed E-state index contributed by atoms with van der Waals surface area (Å²) >= 11 is 0. The van der Waals surface area contributed by atoms with Gasteiger partial charge < -0.3 is 0 Å². The second-order valence-corrected chi connectivity index (χ2v) is 5.11. The summed E-state index contributed by atoms with van der Waals surface area (Å²) in [6.07, 6.45) is 5.39. The predicted octanol–water partition coefficient (Wildman–Crippen LogP) is 4.42. The highest BCUT2D eigenvalue weighted by molar-refractivity contribution is 5.14. The third-order valence-corrected chi connectivity index (χ3v) is 3.83. The minimum absolute atomic E-state index is 0.350. The molecular weight excluding hydrogens is 156 g/mol. The summed E-state index contributed by atoms with van der Waals surface area (Å²) < 4.78 is 0. The molecule has 0 heteroatoms. The van der Waals surface area contributed by atoms with Crippen LogP contribution in [0.2, 0.25) is 0 Å². The molecule has 1 aliphatic rings. The zero-order valence-corrected chi connectivity index (χ0v) is 9.69. The van der Waals surface area contributed by atoms with Crippen LogP contribution >= 0.6 is 0 Å². The SMILES string of the molecule is C=C(C(CC)C1CC1)C(C)(C)CC. The van der Waals surface area contributed by atoms with Gasteiger partial charge in [-0.2, -0.15) is 0 Å². The first-order valence-corrected chi connectivity index (χ1v) is 5.72. The third-order valence-electron chi connectivity index (χ3n) is 3.83. The molecule has 0 aromatic heterocycles. The van der Waals surface area contributed by atoms with Gasteiger partial charge in [-0.1, -0.05) is 39.8 Å². The van der Waals surface area contributed by atoms with Crippen LogP contribution in [0.5, 0.6) is 0 Å². The second kappa shape index (κ2) is 3.86. The molecule has 0 bridgehead atoms. The molecule has 0 spiro atoms. The molecule has 76 valence electrons. The summed E-state index contributed by atoms with van der Waals surface area (Å²) in [6, 6.07) is 0. The summed E-state index contributed by atoms with van der Waals surface area (Å²) in [5.74, 6) is 1.78. The summed E-state index contributed by atoms with van der Waals surface area (Å²) in [4.78, 5) is 0. The van der Waals surface area contributed by atoms with Gasteiger partial charge in [0.25, 0.3) is 0 Å². The van der Waals surface area contributed by atoms with Gasteiger partial charge in [-0.25, -0.2) is 0 Å². The first-order valence-electron chi connectivity index (χ1n) is 5.72. The molecule has 1 atom stereocenters. The minimum atomic E-state index is 0.350. The Balaban J connectivity index is 2.62. The van der Waals surface area contributed by atoms with Crippen LogP contribution < -0.4 is 0 Å². The molecule has 13 heavy (non-hydrogen) atoms. The third kappa shape index (κ3) is 2.36. The Morgan fingerprint density at radius 1 is 1.38 bits per heavy atom. The van der Waals surface area contributed by atoms with Gasteiger partial charge in [0.05, 0.1) is 0 Å². The molecule has 0 heterocycles. The van der Waals surface area contributed by atoms with Crippen LogP contribution in [-0.4, -0.2) is 0 Å². The number of allylic oxidation sites excluding steroid dienone is 1. The highest BCUT2D eigenvalue weighted by Gasteiger charge is 2.35. The molecule has 1 fully saturated rings. The van der Waals surface area contributed by atoms with E-state index in [1.807, 2.05) is 0 Å². The molecule has 0 aromatic rings. The van der Waals surface area contributed by atoms with E-state index in [9.17, 15) is 0 Å². The van der Waals surface area contributed by atoms with Gasteiger partial charge in [-0.3, -0.25) is 0 Å². The highest BCUT2D eigenvalue weighted by atomic mass is 14.4. The topological polar surface area (TPSA) is 0 Å². The van der Waals surface area contributed by atoms with Gasteiger partial charge in [0.2, 0.25) is 0 Å². The van der Waals surface area contributed by atoms with Gasteiger partial charge in [0.15, 0.2) is 0 Å². The smallest absolute Gasteiger partial charge is 0.0147 e. The van der Waals surface area contributed by atoms with Crippen LogP contribution in [0.25, 0.3) is 0 Å². The fraction of sp³-hybridized carbons (Fsp3) is 0.846. The maximum absolute atomic E-state index is 4.33. The quantitative estimate of drug-likeness (QED) is 0.550. The number of hydrogen-bond donors (Lipinski definition) is 0. The lowest BCUT2D eigenvalue weighted by Crippen LogP contribution is -2.20. The predicted molar refractivity (Wildman–Crippen MR) is 59.7 cm³/mol. The van der Waals surface area contributed by atoms with E-state index in [1.54, 1.807) is 0 Å². The van der Waals surface area contributed by atoms with Gasteiger partial charge in [0.1, 0.15) is 0 Å². The number of hydrogen-bond acceptors (Lipinski definition) is 0. The van der Waals surface area contributed by atoms with E-state index < -0.39 is 0 Å². The Kier molecular flexibility index (Phi) is 3.21. The largest absolute Gasteiger partial charge is 0.0990 e. The molecule has 0 radical (unpaired) electrons. The first kappa shape index (κ1) is 10.8. The van der Waals surface area contributed by atoms with E-state index in [4.69, 9.17) is 0 Å².